The van der Waals surface area contributed by atoms with E-state index in [9.17, 15) is 23.9 Å². The summed E-state index contributed by atoms with van der Waals surface area (Å²) in [7, 11) is 0. The average molecular weight is 563 g/mol. The molecule has 0 aromatic carbocycles. The molecule has 0 aliphatic carbocycles. The molecule has 0 saturated carbocycles. The summed E-state index contributed by atoms with van der Waals surface area (Å²) >= 11 is 2.11. The van der Waals surface area contributed by atoms with E-state index in [-0.39, 0.29) is 23.2 Å². The highest BCUT2D eigenvalue weighted by Crippen LogP contribution is 2.40. The van der Waals surface area contributed by atoms with E-state index in [1.807, 2.05) is 28.2 Å². The van der Waals surface area contributed by atoms with Gasteiger partial charge in [-0.15, -0.1) is 11.8 Å². The number of halogens is 1. The average Bonchev–Trinajstić information content (AvgIpc) is 3.53. The topological polar surface area (TPSA) is 182 Å². The highest BCUT2D eigenvalue weighted by molar-refractivity contribution is 8.00. The molecule has 0 bridgehead atoms. The van der Waals surface area contributed by atoms with Crippen molar-refractivity contribution < 1.29 is 33.3 Å². The Morgan fingerprint density at radius 1 is 1.45 bits per heavy atom. The van der Waals surface area contributed by atoms with Crippen LogP contribution in [0, 0.1) is 0 Å². The first-order chi connectivity index (χ1) is 18.3. The van der Waals surface area contributed by atoms with Gasteiger partial charge >= 0.3 is 11.6 Å². The minimum Gasteiger partial charge on any atom is -0.477 e. The third-order valence-corrected chi connectivity index (χ3v) is 7.84. The van der Waals surface area contributed by atoms with Crippen molar-refractivity contribution >= 4 is 63.1 Å². The maximum absolute atomic E-state index is 13.1. The van der Waals surface area contributed by atoms with Crippen LogP contribution in [0.2, 0.25) is 0 Å². The van der Waals surface area contributed by atoms with Crippen LogP contribution >= 0.6 is 23.3 Å². The van der Waals surface area contributed by atoms with Crippen LogP contribution in [0.15, 0.2) is 41.1 Å². The molecule has 1 fully saturated rings. The molecule has 14 nitrogen and oxygen atoms in total. The molecule has 5 heterocycles. The highest BCUT2D eigenvalue weighted by Gasteiger charge is 2.54. The molecule has 17 heteroatoms. The third-order valence-electron chi connectivity index (χ3n) is 5.96. The summed E-state index contributed by atoms with van der Waals surface area (Å²) in [5.74, 6) is -2.65. The summed E-state index contributed by atoms with van der Waals surface area (Å²) in [5.41, 5.74) is 7.08. The number of alkyl halides is 1. The number of nitrogens with zero attached hydrogens (tertiary/aromatic N) is 7. The number of aryl methyl sites for hydroxylation is 1. The van der Waals surface area contributed by atoms with E-state index in [1.165, 1.54) is 11.8 Å². The number of fused-ring (bicyclic) bond motifs is 2. The zero-order valence-electron chi connectivity index (χ0n) is 19.8. The number of nitrogens with two attached hydrogens (primary N) is 1. The van der Waals surface area contributed by atoms with Crippen molar-refractivity contribution in [2.24, 2.45) is 5.16 Å². The number of imidazole rings is 1. The number of carboxylic acids is 1. The number of oxime groups is 1. The zero-order valence-corrected chi connectivity index (χ0v) is 21.4. The number of aromatic nitrogens is 5. The van der Waals surface area contributed by atoms with Crippen LogP contribution < -0.4 is 15.6 Å². The minimum atomic E-state index is -1.30. The Kier molecular flexibility index (Phi) is 6.94. The normalized spacial score (nSPS) is 19.4. The summed E-state index contributed by atoms with van der Waals surface area (Å²) in [6, 6.07) is 2.73. The van der Waals surface area contributed by atoms with Crippen molar-refractivity contribution in [2.45, 2.75) is 31.4 Å². The van der Waals surface area contributed by atoms with Gasteiger partial charge in [-0.3, -0.25) is 14.5 Å². The predicted octanol–water partition coefficient (Wildman–Crippen LogP) is -0.136. The Balaban J connectivity index is 1.38. The number of pyridine rings is 1. The predicted molar refractivity (Wildman–Crippen MR) is 133 cm³/mol. The summed E-state index contributed by atoms with van der Waals surface area (Å²) < 4.78 is 20.2. The molecule has 198 valence electrons. The lowest BCUT2D eigenvalue weighted by molar-refractivity contribution is -0.664. The number of amides is 2. The van der Waals surface area contributed by atoms with E-state index in [0.29, 0.717) is 17.0 Å². The summed E-state index contributed by atoms with van der Waals surface area (Å²) in [6.45, 7) is 1.64. The monoisotopic (exact) mass is 562 g/mol. The van der Waals surface area contributed by atoms with Crippen LogP contribution in [0.3, 0.4) is 0 Å². The number of β-lactam (4-membered cyclic amide) rings is 1. The fourth-order valence-corrected chi connectivity index (χ4v) is 6.06. The van der Waals surface area contributed by atoms with Gasteiger partial charge in [0.2, 0.25) is 17.9 Å². The first-order valence-electron chi connectivity index (χ1n) is 11.2. The van der Waals surface area contributed by atoms with Crippen molar-refractivity contribution in [3.8, 4) is 0 Å². The number of carbonyl (C=O) groups is 3. The second-order valence-electron chi connectivity index (χ2n) is 8.13. The maximum Gasteiger partial charge on any atom is 0.352 e. The molecule has 2 aliphatic heterocycles. The summed E-state index contributed by atoms with van der Waals surface area (Å²) in [5, 5.41) is 15.3. The van der Waals surface area contributed by atoms with E-state index in [1.54, 1.807) is 12.5 Å². The second-order valence-corrected chi connectivity index (χ2v) is 10.0. The van der Waals surface area contributed by atoms with Gasteiger partial charge in [0, 0.05) is 29.4 Å². The molecule has 3 aromatic rings. The molecule has 5 rings (SSSR count). The standard InChI is InChI=1S/C21H20FN9O5S2/c1-2-29-9-24-16-11(29)4-3-5-30(16)6-10-7-37-19-13(18(33)31(19)14(10)20(34)35)25-17(32)12(27-36-8-22)15-26-21(23)38-28-15/h3-5,9,13,19H,2,6-8H2,1H3,(H3-,23,25,26,28,32,34,35)/p+1. The van der Waals surface area contributed by atoms with E-state index in [0.717, 1.165) is 28.5 Å². The molecule has 1 saturated heterocycles. The number of thioether (sulfide) groups is 1. The van der Waals surface area contributed by atoms with Gasteiger partial charge in [-0.05, 0) is 24.0 Å². The van der Waals surface area contributed by atoms with Crippen molar-refractivity contribution in [1.82, 2.24) is 29.1 Å². The van der Waals surface area contributed by atoms with Gasteiger partial charge in [0.25, 0.3) is 18.7 Å². The number of carboxylic acid groups (broad SMARTS) is 1. The van der Waals surface area contributed by atoms with Crippen molar-refractivity contribution in [2.75, 3.05) is 18.3 Å². The van der Waals surface area contributed by atoms with Crippen LogP contribution in [-0.2, 0) is 32.3 Å². The van der Waals surface area contributed by atoms with E-state index in [4.69, 9.17) is 5.73 Å². The summed E-state index contributed by atoms with van der Waals surface area (Å²) in [6.07, 6.45) is 3.52. The molecule has 2 amide bonds. The van der Waals surface area contributed by atoms with Crippen molar-refractivity contribution in [3.63, 3.8) is 0 Å². The van der Waals surface area contributed by atoms with Crippen LogP contribution in [0.1, 0.15) is 12.7 Å². The van der Waals surface area contributed by atoms with Crippen molar-refractivity contribution in [1.29, 1.82) is 0 Å². The molecule has 3 aromatic heterocycles. The first-order valence-corrected chi connectivity index (χ1v) is 13.1. The Hall–Kier alpha value is -4.12. The number of nitrogen functional groups attached to an aromatic ring is 1. The number of aliphatic carboxylic acids is 1. The lowest BCUT2D eigenvalue weighted by Crippen LogP contribution is -2.71. The molecule has 2 unspecified atom stereocenters. The highest BCUT2D eigenvalue weighted by atomic mass is 32.2. The second kappa shape index (κ2) is 10.3. The Morgan fingerprint density at radius 2 is 2.26 bits per heavy atom. The van der Waals surface area contributed by atoms with Gasteiger partial charge < -0.3 is 25.6 Å². The number of hydrogen-bond donors (Lipinski definition) is 3. The van der Waals surface area contributed by atoms with Crippen LogP contribution in [0.4, 0.5) is 9.52 Å². The number of hydrogen-bond acceptors (Lipinski definition) is 11. The lowest BCUT2D eigenvalue weighted by atomic mass is 10.0. The quantitative estimate of drug-likeness (QED) is 0.137. The fourth-order valence-electron chi connectivity index (χ4n) is 4.29. The van der Waals surface area contributed by atoms with Gasteiger partial charge in [0.1, 0.15) is 29.2 Å². The van der Waals surface area contributed by atoms with E-state index < -0.39 is 41.8 Å². The van der Waals surface area contributed by atoms with Gasteiger partial charge in [-0.2, -0.15) is 9.36 Å². The smallest absolute Gasteiger partial charge is 0.352 e. The number of rotatable bonds is 9. The van der Waals surface area contributed by atoms with Gasteiger partial charge in [0.15, 0.2) is 5.13 Å². The van der Waals surface area contributed by atoms with Crippen LogP contribution in [0.25, 0.3) is 11.2 Å². The lowest BCUT2D eigenvalue weighted by Gasteiger charge is -2.49. The zero-order chi connectivity index (χ0) is 27.0. The van der Waals surface area contributed by atoms with Gasteiger partial charge in [0.05, 0.1) is 6.20 Å². The molecule has 0 radical (unpaired) electrons. The minimum absolute atomic E-state index is 0.0493. The van der Waals surface area contributed by atoms with Crippen LogP contribution in [-0.4, -0.2) is 76.4 Å². The fraction of sp³-hybridized carbons (Fsp3) is 0.333. The largest absolute Gasteiger partial charge is 0.477 e. The molecule has 2 aliphatic rings. The first kappa shape index (κ1) is 25.5. The van der Waals surface area contributed by atoms with Crippen molar-refractivity contribution in [3.05, 3.63) is 41.8 Å². The van der Waals surface area contributed by atoms with Gasteiger partial charge in [-0.1, -0.05) is 5.16 Å². The SMILES string of the molecule is CCn1cnc2c1ccc[n+]2CC1=C(C(=O)O)N2C(=O)C(NC(=O)C(=NOCF)c3nsc(N)n3)C2SC1. The number of carbonyl (C=O) groups excluding carboxylic acids is 2. The van der Waals surface area contributed by atoms with E-state index >= 15 is 0 Å². The van der Waals surface area contributed by atoms with E-state index in [2.05, 4.69) is 29.7 Å². The third kappa shape index (κ3) is 4.43. The molecule has 4 N–H and O–H groups in total. The maximum atomic E-state index is 13.1. The molecule has 2 atom stereocenters. The molecule has 38 heavy (non-hydrogen) atoms. The Labute approximate surface area is 222 Å². The Morgan fingerprint density at radius 3 is 2.95 bits per heavy atom. The van der Waals surface area contributed by atoms with Gasteiger partial charge in [-0.25, -0.2) is 13.8 Å². The summed E-state index contributed by atoms with van der Waals surface area (Å²) in [4.78, 5) is 52.0. The molecular formula is C21H21FN9O5S2+. The number of nitrogens with one attached hydrogen (secondary N) is 1. The number of anilines is 1. The molecular weight excluding hydrogens is 541 g/mol. The molecule has 0 spiro atoms. The van der Waals surface area contributed by atoms with Crippen LogP contribution in [0.5, 0.6) is 0 Å². The Bertz CT molecular complexity index is 1500.